The molecule has 0 saturated heterocycles. The highest BCUT2D eigenvalue weighted by atomic mass is 19.4. The van der Waals surface area contributed by atoms with Gasteiger partial charge in [-0.05, 0) is 41.8 Å². The maximum atomic E-state index is 13.6. The van der Waals surface area contributed by atoms with Crippen LogP contribution in [0.1, 0.15) is 22.5 Å². The monoisotopic (exact) mass is 438 g/mol. The number of halogens is 3. The summed E-state index contributed by atoms with van der Waals surface area (Å²) in [6, 6.07) is 8.04. The number of oxazole rings is 1. The van der Waals surface area contributed by atoms with E-state index in [1.165, 1.54) is 30.3 Å². The largest absolute Gasteiger partial charge is 0.492 e. The lowest BCUT2D eigenvalue weighted by atomic mass is 10.1. The smallest absolute Gasteiger partial charge is 0.419 e. The molecule has 0 amide bonds. The maximum absolute atomic E-state index is 13.6. The van der Waals surface area contributed by atoms with Crippen LogP contribution in [0.15, 0.2) is 51.7 Å². The molecule has 0 radical (unpaired) electrons. The second-order valence-electron chi connectivity index (χ2n) is 6.69. The van der Waals surface area contributed by atoms with Gasteiger partial charge < -0.3 is 25.1 Å². The molecule has 1 unspecified atom stereocenters. The van der Waals surface area contributed by atoms with Crippen molar-refractivity contribution in [3.63, 3.8) is 0 Å². The zero-order valence-corrected chi connectivity index (χ0v) is 15.8. The number of rotatable bonds is 7. The topological polar surface area (TPSA) is 139 Å². The molecular weight excluding hydrogens is 421 g/mol. The molecule has 0 aliphatic heterocycles. The Hall–Kier alpha value is -3.73. The number of nitrogens with one attached hydrogen (secondary N) is 1. The lowest BCUT2D eigenvalue weighted by molar-refractivity contribution is -0.139. The number of aromatic amines is 1. The van der Waals surface area contributed by atoms with Crippen LogP contribution in [0, 0.1) is 0 Å². The van der Waals surface area contributed by atoms with Crippen molar-refractivity contribution in [2.45, 2.75) is 25.1 Å². The number of carbonyl (C=O) groups is 1. The van der Waals surface area contributed by atoms with Gasteiger partial charge in [0.25, 0.3) is 0 Å². The number of hydrogen-bond donors (Lipinski definition) is 4. The van der Waals surface area contributed by atoms with Crippen molar-refractivity contribution in [3.05, 3.63) is 75.5 Å². The van der Waals surface area contributed by atoms with Gasteiger partial charge in [0.15, 0.2) is 5.76 Å². The Bertz CT molecular complexity index is 1140. The Morgan fingerprint density at radius 1 is 1.16 bits per heavy atom. The van der Waals surface area contributed by atoms with Crippen LogP contribution in [0.4, 0.5) is 13.2 Å². The van der Waals surface area contributed by atoms with Gasteiger partial charge in [0.05, 0.1) is 5.56 Å². The summed E-state index contributed by atoms with van der Waals surface area (Å²) in [5.41, 5.74) is 5.12. The number of aromatic nitrogens is 1. The van der Waals surface area contributed by atoms with Gasteiger partial charge in [-0.25, -0.2) is 4.79 Å². The molecule has 0 spiro atoms. The Kier molecular flexibility index (Phi) is 6.07. The molecule has 1 atom stereocenters. The first kappa shape index (κ1) is 22.0. The third kappa shape index (κ3) is 5.45. The minimum Gasteiger partial charge on any atom is -0.492 e. The van der Waals surface area contributed by atoms with Crippen LogP contribution in [0.25, 0.3) is 0 Å². The van der Waals surface area contributed by atoms with Crippen molar-refractivity contribution in [2.24, 2.45) is 5.73 Å². The Labute approximate surface area is 172 Å². The molecule has 1 heterocycles. The molecule has 3 rings (SSSR count). The summed E-state index contributed by atoms with van der Waals surface area (Å²) in [7, 11) is 0. The zero-order chi connectivity index (χ0) is 22.8. The second kappa shape index (κ2) is 8.56. The average molecular weight is 438 g/mol. The molecule has 3 aromatic rings. The van der Waals surface area contributed by atoms with E-state index >= 15 is 0 Å². The fourth-order valence-electron chi connectivity index (χ4n) is 2.82. The van der Waals surface area contributed by atoms with Crippen LogP contribution in [0.5, 0.6) is 17.4 Å². The fourth-order valence-corrected chi connectivity index (χ4v) is 2.82. The summed E-state index contributed by atoms with van der Waals surface area (Å²) >= 11 is 0. The normalized spacial score (nSPS) is 12.5. The standard InChI is InChI=1S/C20H17F3N2O6/c21-20(22,23)13-7-11(9-16-17(26)25-19(29)31-16)3-6-15(13)30-12-4-1-10(2-5-12)8-14(24)18(27)28/h1-7,14,26H,8-9,24H2,(H,25,29)(H,27,28). The number of H-pyrrole nitrogens is 1. The highest BCUT2D eigenvalue weighted by Gasteiger charge is 2.35. The van der Waals surface area contributed by atoms with Gasteiger partial charge in [0.2, 0.25) is 5.88 Å². The first-order valence-corrected chi connectivity index (χ1v) is 8.89. The minimum absolute atomic E-state index is 0.0558. The van der Waals surface area contributed by atoms with Crippen LogP contribution in [0.3, 0.4) is 0 Å². The Balaban J connectivity index is 1.83. The van der Waals surface area contributed by atoms with E-state index < -0.39 is 41.1 Å². The first-order valence-electron chi connectivity index (χ1n) is 8.89. The Morgan fingerprint density at radius 3 is 2.35 bits per heavy atom. The van der Waals surface area contributed by atoms with Gasteiger partial charge >= 0.3 is 17.9 Å². The van der Waals surface area contributed by atoms with Crippen molar-refractivity contribution in [1.82, 2.24) is 4.98 Å². The second-order valence-corrected chi connectivity index (χ2v) is 6.69. The van der Waals surface area contributed by atoms with Crippen LogP contribution < -0.4 is 16.2 Å². The molecule has 5 N–H and O–H groups in total. The first-order chi connectivity index (χ1) is 14.5. The number of alkyl halides is 3. The van der Waals surface area contributed by atoms with E-state index in [1.54, 1.807) is 0 Å². The number of carboxylic acid groups (broad SMARTS) is 1. The average Bonchev–Trinajstić information content (AvgIpc) is 3.00. The fraction of sp³-hybridized carbons (Fsp3) is 0.200. The predicted octanol–water partition coefficient (Wildman–Crippen LogP) is 3.03. The molecule has 0 saturated carbocycles. The summed E-state index contributed by atoms with van der Waals surface area (Å²) in [5, 5.41) is 18.4. The van der Waals surface area contributed by atoms with E-state index in [0.29, 0.717) is 5.56 Å². The summed E-state index contributed by atoms with van der Waals surface area (Å²) in [4.78, 5) is 23.9. The van der Waals surface area contributed by atoms with Gasteiger partial charge in [-0.15, -0.1) is 0 Å². The summed E-state index contributed by atoms with van der Waals surface area (Å²) < 4.78 is 50.8. The van der Waals surface area contributed by atoms with Crippen LogP contribution in [-0.2, 0) is 23.8 Å². The van der Waals surface area contributed by atoms with E-state index in [-0.39, 0.29) is 29.9 Å². The number of aliphatic carboxylic acids is 1. The molecule has 0 bridgehead atoms. The molecule has 11 heteroatoms. The van der Waals surface area contributed by atoms with E-state index in [0.717, 1.165) is 12.1 Å². The van der Waals surface area contributed by atoms with Crippen LogP contribution >= 0.6 is 0 Å². The molecule has 0 aliphatic carbocycles. The van der Waals surface area contributed by atoms with E-state index in [2.05, 4.69) is 0 Å². The van der Waals surface area contributed by atoms with Crippen molar-refractivity contribution in [3.8, 4) is 17.4 Å². The van der Waals surface area contributed by atoms with Crippen molar-refractivity contribution in [1.29, 1.82) is 0 Å². The molecular formula is C20H17F3N2O6. The van der Waals surface area contributed by atoms with Crippen molar-refractivity contribution >= 4 is 5.97 Å². The van der Waals surface area contributed by atoms with Crippen LogP contribution in [0.2, 0.25) is 0 Å². The maximum Gasteiger partial charge on any atom is 0.419 e. The predicted molar refractivity (Wildman–Crippen MR) is 101 cm³/mol. The number of aromatic hydroxyl groups is 1. The Morgan fingerprint density at radius 2 is 1.81 bits per heavy atom. The number of carboxylic acids is 1. The molecule has 0 fully saturated rings. The highest BCUT2D eigenvalue weighted by molar-refractivity contribution is 5.73. The summed E-state index contributed by atoms with van der Waals surface area (Å²) in [6.45, 7) is 0. The number of benzene rings is 2. The third-order valence-corrected chi connectivity index (χ3v) is 4.34. The third-order valence-electron chi connectivity index (χ3n) is 4.34. The summed E-state index contributed by atoms with van der Waals surface area (Å²) in [5.74, 6) is -3.17. The SMILES string of the molecule is NC(Cc1ccc(Oc2ccc(Cc3oc(=O)[nH]c3O)cc2C(F)(F)F)cc1)C(=O)O. The van der Waals surface area contributed by atoms with Crippen molar-refractivity contribution < 1.29 is 37.3 Å². The zero-order valence-electron chi connectivity index (χ0n) is 15.8. The van der Waals surface area contributed by atoms with Gasteiger partial charge in [0, 0.05) is 6.42 Å². The molecule has 8 nitrogen and oxygen atoms in total. The van der Waals surface area contributed by atoms with Gasteiger partial charge in [-0.3, -0.25) is 9.78 Å². The van der Waals surface area contributed by atoms with Crippen LogP contribution in [-0.4, -0.2) is 27.2 Å². The lowest BCUT2D eigenvalue weighted by Gasteiger charge is -2.15. The molecule has 2 aromatic carbocycles. The van der Waals surface area contributed by atoms with E-state index in [4.69, 9.17) is 20.0 Å². The van der Waals surface area contributed by atoms with Gasteiger partial charge in [-0.2, -0.15) is 13.2 Å². The molecule has 0 aliphatic rings. The highest BCUT2D eigenvalue weighted by Crippen LogP contribution is 2.39. The number of hydrogen-bond acceptors (Lipinski definition) is 6. The van der Waals surface area contributed by atoms with Crippen molar-refractivity contribution in [2.75, 3.05) is 0 Å². The molecule has 1 aromatic heterocycles. The quantitative estimate of drug-likeness (QED) is 0.445. The van der Waals surface area contributed by atoms with Gasteiger partial charge in [0.1, 0.15) is 17.5 Å². The number of ether oxygens (including phenoxy) is 1. The van der Waals surface area contributed by atoms with Gasteiger partial charge in [-0.1, -0.05) is 18.2 Å². The van der Waals surface area contributed by atoms with E-state index in [9.17, 15) is 27.9 Å². The minimum atomic E-state index is -4.74. The molecule has 164 valence electrons. The van der Waals surface area contributed by atoms with E-state index in [1.807, 2.05) is 4.98 Å². The lowest BCUT2D eigenvalue weighted by Crippen LogP contribution is -2.32. The summed E-state index contributed by atoms with van der Waals surface area (Å²) in [6.07, 6.45) is -4.92. The molecule has 31 heavy (non-hydrogen) atoms. The number of nitrogens with two attached hydrogens (primary N) is 1.